The van der Waals surface area contributed by atoms with E-state index in [1.165, 1.54) is 5.56 Å². The van der Waals surface area contributed by atoms with E-state index < -0.39 is 0 Å². The van der Waals surface area contributed by atoms with Gasteiger partial charge in [-0.05, 0) is 30.5 Å². The van der Waals surface area contributed by atoms with Crippen LogP contribution >= 0.6 is 0 Å². The third kappa shape index (κ3) is 3.26. The summed E-state index contributed by atoms with van der Waals surface area (Å²) in [5, 5.41) is 0. The van der Waals surface area contributed by atoms with Crippen molar-refractivity contribution in [1.82, 2.24) is 4.90 Å². The number of hydrogen-bond acceptors (Lipinski definition) is 2. The number of nitrogens with zero attached hydrogens (tertiary/aromatic N) is 1. The van der Waals surface area contributed by atoms with Gasteiger partial charge in [0.15, 0.2) is 0 Å². The van der Waals surface area contributed by atoms with Crippen LogP contribution in [0.4, 0.5) is 0 Å². The number of benzene rings is 1. The van der Waals surface area contributed by atoms with Gasteiger partial charge in [-0.25, -0.2) is 0 Å². The molecule has 0 heterocycles. The van der Waals surface area contributed by atoms with Crippen molar-refractivity contribution in [2.75, 3.05) is 21.2 Å². The summed E-state index contributed by atoms with van der Waals surface area (Å²) in [6.45, 7) is 2.01. The van der Waals surface area contributed by atoms with Crippen LogP contribution in [0.25, 0.3) is 0 Å². The molecule has 0 saturated heterocycles. The number of rotatable bonds is 4. The minimum atomic E-state index is 0.161. The van der Waals surface area contributed by atoms with Gasteiger partial charge in [-0.2, -0.15) is 0 Å². The average molecular weight is 221 g/mol. The molecule has 0 N–H and O–H groups in total. The van der Waals surface area contributed by atoms with Crippen LogP contribution in [-0.4, -0.2) is 32.0 Å². The van der Waals surface area contributed by atoms with Gasteiger partial charge in [0, 0.05) is 20.5 Å². The molecule has 88 valence electrons. The molecule has 0 spiro atoms. The van der Waals surface area contributed by atoms with Crippen LogP contribution < -0.4 is 4.74 Å². The lowest BCUT2D eigenvalue weighted by Gasteiger charge is -2.11. The summed E-state index contributed by atoms with van der Waals surface area (Å²) in [5.41, 5.74) is 2.28. The number of methoxy groups -OCH3 is 1. The summed E-state index contributed by atoms with van der Waals surface area (Å²) in [6, 6.07) is 6.03. The SMILES string of the molecule is COc1ccc(CCC(=O)N(C)C)cc1C. The van der Waals surface area contributed by atoms with Crippen LogP contribution in [0.2, 0.25) is 0 Å². The number of carbonyl (C=O) groups excluding carboxylic acids is 1. The highest BCUT2D eigenvalue weighted by molar-refractivity contribution is 5.75. The first-order valence-electron chi connectivity index (χ1n) is 5.38. The maximum atomic E-state index is 11.4. The second-order valence-electron chi connectivity index (χ2n) is 4.09. The topological polar surface area (TPSA) is 29.5 Å². The average Bonchev–Trinajstić information content (AvgIpc) is 2.25. The molecule has 0 aromatic heterocycles. The predicted molar refractivity (Wildman–Crippen MR) is 64.7 cm³/mol. The van der Waals surface area contributed by atoms with Crippen molar-refractivity contribution < 1.29 is 9.53 Å². The standard InChI is InChI=1S/C13H19NO2/c1-10-9-11(5-7-12(10)16-4)6-8-13(15)14(2)3/h5,7,9H,6,8H2,1-4H3. The molecular weight excluding hydrogens is 202 g/mol. The molecule has 0 unspecified atom stereocenters. The molecule has 0 atom stereocenters. The molecule has 1 aromatic carbocycles. The molecule has 0 saturated carbocycles. The number of carbonyl (C=O) groups is 1. The van der Waals surface area contributed by atoms with Gasteiger partial charge in [0.2, 0.25) is 5.91 Å². The third-order valence-electron chi connectivity index (χ3n) is 2.59. The van der Waals surface area contributed by atoms with E-state index in [0.29, 0.717) is 6.42 Å². The molecule has 0 radical (unpaired) electrons. The van der Waals surface area contributed by atoms with Crippen molar-refractivity contribution >= 4 is 5.91 Å². The van der Waals surface area contributed by atoms with Crippen LogP contribution in [0, 0.1) is 6.92 Å². The summed E-state index contributed by atoms with van der Waals surface area (Å²) in [4.78, 5) is 13.0. The smallest absolute Gasteiger partial charge is 0.222 e. The Morgan fingerprint density at radius 2 is 2.06 bits per heavy atom. The van der Waals surface area contributed by atoms with E-state index >= 15 is 0 Å². The van der Waals surface area contributed by atoms with Crippen LogP contribution in [0.15, 0.2) is 18.2 Å². The Hall–Kier alpha value is -1.51. The van der Waals surface area contributed by atoms with Crippen LogP contribution in [0.1, 0.15) is 17.5 Å². The Morgan fingerprint density at radius 1 is 1.38 bits per heavy atom. The van der Waals surface area contributed by atoms with E-state index in [1.807, 2.05) is 19.1 Å². The van der Waals surface area contributed by atoms with E-state index in [9.17, 15) is 4.79 Å². The minimum absolute atomic E-state index is 0.161. The third-order valence-corrected chi connectivity index (χ3v) is 2.59. The van der Waals surface area contributed by atoms with Crippen LogP contribution in [0.5, 0.6) is 5.75 Å². The lowest BCUT2D eigenvalue weighted by Crippen LogP contribution is -2.21. The minimum Gasteiger partial charge on any atom is -0.496 e. The Morgan fingerprint density at radius 3 is 2.56 bits per heavy atom. The molecule has 0 aliphatic rings. The molecule has 1 rings (SSSR count). The van der Waals surface area contributed by atoms with Crippen molar-refractivity contribution in [3.05, 3.63) is 29.3 Å². The highest BCUT2D eigenvalue weighted by atomic mass is 16.5. The fourth-order valence-electron chi connectivity index (χ4n) is 1.57. The Bertz CT molecular complexity index is 372. The zero-order chi connectivity index (χ0) is 12.1. The number of hydrogen-bond donors (Lipinski definition) is 0. The van der Waals surface area contributed by atoms with E-state index in [2.05, 4.69) is 6.07 Å². The first kappa shape index (κ1) is 12.6. The molecule has 16 heavy (non-hydrogen) atoms. The Balaban J connectivity index is 2.62. The van der Waals surface area contributed by atoms with Crippen molar-refractivity contribution in [2.45, 2.75) is 19.8 Å². The first-order valence-corrected chi connectivity index (χ1v) is 5.38. The molecule has 0 fully saturated rings. The number of aryl methyl sites for hydroxylation is 2. The first-order chi connectivity index (χ1) is 7.54. The summed E-state index contributed by atoms with van der Waals surface area (Å²) in [5.74, 6) is 1.05. The van der Waals surface area contributed by atoms with E-state index in [-0.39, 0.29) is 5.91 Å². The monoisotopic (exact) mass is 221 g/mol. The predicted octanol–water partition coefficient (Wildman–Crippen LogP) is 2.02. The zero-order valence-electron chi connectivity index (χ0n) is 10.4. The van der Waals surface area contributed by atoms with Crippen LogP contribution in [-0.2, 0) is 11.2 Å². The number of amides is 1. The fourth-order valence-corrected chi connectivity index (χ4v) is 1.57. The summed E-state index contributed by atoms with van der Waals surface area (Å²) < 4.78 is 5.19. The van der Waals surface area contributed by atoms with Crippen molar-refractivity contribution in [3.8, 4) is 5.75 Å². The second-order valence-corrected chi connectivity index (χ2v) is 4.09. The van der Waals surface area contributed by atoms with Gasteiger partial charge in [0.1, 0.15) is 5.75 Å². The lowest BCUT2D eigenvalue weighted by atomic mass is 10.1. The molecule has 1 amide bonds. The highest BCUT2D eigenvalue weighted by Gasteiger charge is 2.05. The molecular formula is C13H19NO2. The van der Waals surface area contributed by atoms with Gasteiger partial charge >= 0.3 is 0 Å². The molecule has 1 aromatic rings. The van der Waals surface area contributed by atoms with Gasteiger partial charge in [-0.1, -0.05) is 12.1 Å². The summed E-state index contributed by atoms with van der Waals surface area (Å²) >= 11 is 0. The van der Waals surface area contributed by atoms with Gasteiger partial charge in [-0.3, -0.25) is 4.79 Å². The maximum absolute atomic E-state index is 11.4. The quantitative estimate of drug-likeness (QED) is 0.778. The summed E-state index contributed by atoms with van der Waals surface area (Å²) in [7, 11) is 5.22. The molecule has 0 aliphatic carbocycles. The fraction of sp³-hybridized carbons (Fsp3) is 0.462. The Kier molecular flexibility index (Phi) is 4.35. The van der Waals surface area contributed by atoms with E-state index in [0.717, 1.165) is 17.7 Å². The van der Waals surface area contributed by atoms with Crippen molar-refractivity contribution in [1.29, 1.82) is 0 Å². The van der Waals surface area contributed by atoms with Gasteiger partial charge in [-0.15, -0.1) is 0 Å². The van der Waals surface area contributed by atoms with Crippen molar-refractivity contribution in [2.24, 2.45) is 0 Å². The zero-order valence-corrected chi connectivity index (χ0v) is 10.4. The lowest BCUT2D eigenvalue weighted by molar-refractivity contribution is -0.128. The molecule has 3 nitrogen and oxygen atoms in total. The largest absolute Gasteiger partial charge is 0.496 e. The van der Waals surface area contributed by atoms with Crippen LogP contribution in [0.3, 0.4) is 0 Å². The molecule has 3 heteroatoms. The summed E-state index contributed by atoms with van der Waals surface area (Å²) in [6.07, 6.45) is 1.33. The highest BCUT2D eigenvalue weighted by Crippen LogP contribution is 2.19. The van der Waals surface area contributed by atoms with Crippen molar-refractivity contribution in [3.63, 3.8) is 0 Å². The molecule has 0 bridgehead atoms. The normalized spacial score (nSPS) is 10.0. The maximum Gasteiger partial charge on any atom is 0.222 e. The van der Waals surface area contributed by atoms with Gasteiger partial charge in [0.05, 0.1) is 7.11 Å². The number of ether oxygens (including phenoxy) is 1. The second kappa shape index (κ2) is 5.54. The van der Waals surface area contributed by atoms with E-state index in [4.69, 9.17) is 4.74 Å². The van der Waals surface area contributed by atoms with Gasteiger partial charge < -0.3 is 9.64 Å². The van der Waals surface area contributed by atoms with Gasteiger partial charge in [0.25, 0.3) is 0 Å². The molecule has 0 aliphatic heterocycles. The van der Waals surface area contributed by atoms with E-state index in [1.54, 1.807) is 26.1 Å². The Labute approximate surface area is 97.0 Å².